The summed E-state index contributed by atoms with van der Waals surface area (Å²) in [6.07, 6.45) is 4.27. The minimum Gasteiger partial charge on any atom is -0.466 e. The fraction of sp³-hybridized carbons (Fsp3) is 0.381. The Morgan fingerprint density at radius 2 is 1.97 bits per heavy atom. The highest BCUT2D eigenvalue weighted by Gasteiger charge is 2.26. The summed E-state index contributed by atoms with van der Waals surface area (Å²) >= 11 is 1.02. The third kappa shape index (κ3) is 6.17. The largest absolute Gasteiger partial charge is 0.466 e. The number of nitrogens with one attached hydrogen (secondary N) is 1. The lowest BCUT2D eigenvalue weighted by atomic mass is 9.96. The van der Waals surface area contributed by atoms with Crippen molar-refractivity contribution in [2.24, 2.45) is 16.1 Å². The maximum absolute atomic E-state index is 11.9. The number of esters is 2. The minimum absolute atomic E-state index is 0.0151. The van der Waals surface area contributed by atoms with Gasteiger partial charge in [0.05, 0.1) is 30.8 Å². The van der Waals surface area contributed by atoms with Gasteiger partial charge in [-0.05, 0) is 49.2 Å². The number of carbonyl (C=O) groups is 3. The number of benzene rings is 1. The highest BCUT2D eigenvalue weighted by atomic mass is 32.2. The van der Waals surface area contributed by atoms with Gasteiger partial charge in [0.15, 0.2) is 5.17 Å². The van der Waals surface area contributed by atoms with Crippen LogP contribution >= 0.6 is 11.8 Å². The molecule has 3 rings (SSSR count). The van der Waals surface area contributed by atoms with Crippen LogP contribution in [0.15, 0.2) is 45.4 Å². The summed E-state index contributed by atoms with van der Waals surface area (Å²) in [7, 11) is 1.24. The second-order valence-corrected chi connectivity index (χ2v) is 7.87. The lowest BCUT2D eigenvalue weighted by Gasteiger charge is -2.32. The smallest absolute Gasteiger partial charge is 0.331 e. The lowest BCUT2D eigenvalue weighted by molar-refractivity contribution is -0.148. The van der Waals surface area contributed by atoms with Crippen LogP contribution in [0.1, 0.15) is 25.3 Å². The van der Waals surface area contributed by atoms with E-state index in [-0.39, 0.29) is 22.0 Å². The average molecular weight is 445 g/mol. The molecule has 2 saturated heterocycles. The number of methoxy groups -OCH3 is 1. The predicted molar refractivity (Wildman–Crippen MR) is 119 cm³/mol. The molecule has 1 amide bonds. The van der Waals surface area contributed by atoms with Crippen molar-refractivity contribution in [1.82, 2.24) is 5.32 Å². The normalized spacial score (nSPS) is 19.8. The number of anilines is 1. The van der Waals surface area contributed by atoms with Crippen molar-refractivity contribution >= 4 is 46.7 Å². The summed E-state index contributed by atoms with van der Waals surface area (Å²) in [5, 5.41) is 10.8. The third-order valence-corrected chi connectivity index (χ3v) is 5.73. The van der Waals surface area contributed by atoms with E-state index in [2.05, 4.69) is 25.2 Å². The molecule has 0 bridgehead atoms. The molecule has 10 heteroatoms. The van der Waals surface area contributed by atoms with Crippen molar-refractivity contribution in [3.05, 3.63) is 40.8 Å². The molecular weight excluding hydrogens is 420 g/mol. The summed E-state index contributed by atoms with van der Waals surface area (Å²) in [5.74, 6) is -1.13. The van der Waals surface area contributed by atoms with Crippen LogP contribution in [0.25, 0.3) is 0 Å². The molecule has 0 atom stereocenters. The fourth-order valence-corrected chi connectivity index (χ4v) is 3.93. The zero-order valence-corrected chi connectivity index (χ0v) is 18.2. The number of hydrogen-bond donors (Lipinski definition) is 1. The highest BCUT2D eigenvalue weighted by Crippen LogP contribution is 2.25. The van der Waals surface area contributed by atoms with Crippen molar-refractivity contribution in [2.45, 2.75) is 19.8 Å². The van der Waals surface area contributed by atoms with Gasteiger partial charge in [0.1, 0.15) is 0 Å². The molecule has 0 spiro atoms. The minimum atomic E-state index is -0.604. The van der Waals surface area contributed by atoms with Crippen molar-refractivity contribution < 1.29 is 23.9 Å². The van der Waals surface area contributed by atoms with E-state index in [4.69, 9.17) is 4.74 Å². The van der Waals surface area contributed by atoms with Crippen LogP contribution in [-0.4, -0.2) is 56.0 Å². The summed E-state index contributed by atoms with van der Waals surface area (Å²) < 4.78 is 9.63. The van der Waals surface area contributed by atoms with Gasteiger partial charge in [0.25, 0.3) is 5.91 Å². The standard InChI is InChI=1S/C21H24N4O5S/c1-3-30-20(28)15-8-10-25(11-9-15)16-6-4-14(5-7-16)13-22-24-21-23-19(27)17(31-21)12-18(26)29-2/h4-7,12-13,15H,3,8-11H2,1-2H3,(H,23,24,27)/b17-12+,22-13?. The van der Waals surface area contributed by atoms with E-state index in [9.17, 15) is 14.4 Å². The zero-order valence-electron chi connectivity index (χ0n) is 17.4. The first-order chi connectivity index (χ1) is 15.0. The number of amides is 1. The van der Waals surface area contributed by atoms with Crippen molar-refractivity contribution in [2.75, 3.05) is 31.7 Å². The van der Waals surface area contributed by atoms with Crippen molar-refractivity contribution in [3.63, 3.8) is 0 Å². The highest BCUT2D eigenvalue weighted by molar-refractivity contribution is 8.18. The molecule has 0 saturated carbocycles. The Balaban J connectivity index is 1.53. The number of ether oxygens (including phenoxy) is 2. The summed E-state index contributed by atoms with van der Waals surface area (Å²) in [5.41, 5.74) is 1.94. The van der Waals surface area contributed by atoms with Gasteiger partial charge in [-0.2, -0.15) is 5.10 Å². The second-order valence-electron chi connectivity index (χ2n) is 6.84. The van der Waals surface area contributed by atoms with E-state index in [0.29, 0.717) is 6.61 Å². The maximum Gasteiger partial charge on any atom is 0.331 e. The first-order valence-electron chi connectivity index (χ1n) is 9.91. The van der Waals surface area contributed by atoms with Gasteiger partial charge in [-0.1, -0.05) is 12.1 Å². The molecule has 0 unspecified atom stereocenters. The number of rotatable bonds is 6. The molecule has 2 fully saturated rings. The van der Waals surface area contributed by atoms with E-state index in [0.717, 1.165) is 55.0 Å². The molecule has 9 nitrogen and oxygen atoms in total. The van der Waals surface area contributed by atoms with E-state index < -0.39 is 11.9 Å². The Hall–Kier alpha value is -3.14. The van der Waals surface area contributed by atoms with Gasteiger partial charge < -0.3 is 14.4 Å². The van der Waals surface area contributed by atoms with Crippen LogP contribution in [-0.2, 0) is 23.9 Å². The number of piperidine rings is 1. The van der Waals surface area contributed by atoms with Gasteiger partial charge in [0, 0.05) is 24.9 Å². The monoisotopic (exact) mass is 444 g/mol. The molecule has 1 aromatic rings. The number of thioether (sulfide) groups is 1. The molecule has 2 heterocycles. The van der Waals surface area contributed by atoms with E-state index in [1.54, 1.807) is 6.21 Å². The van der Waals surface area contributed by atoms with Crippen LogP contribution in [0.2, 0.25) is 0 Å². The molecule has 0 radical (unpaired) electrons. The van der Waals surface area contributed by atoms with Crippen LogP contribution < -0.4 is 10.2 Å². The van der Waals surface area contributed by atoms with Gasteiger partial charge in [-0.15, -0.1) is 5.10 Å². The molecule has 1 N–H and O–H groups in total. The van der Waals surface area contributed by atoms with E-state index in [1.165, 1.54) is 7.11 Å². The predicted octanol–water partition coefficient (Wildman–Crippen LogP) is 2.08. The number of amidine groups is 1. The summed E-state index contributed by atoms with van der Waals surface area (Å²) in [6.45, 7) is 3.86. The molecule has 164 valence electrons. The maximum atomic E-state index is 11.9. The first-order valence-corrected chi connectivity index (χ1v) is 10.7. The van der Waals surface area contributed by atoms with Crippen molar-refractivity contribution in [3.8, 4) is 0 Å². The topological polar surface area (TPSA) is 110 Å². The van der Waals surface area contributed by atoms with Gasteiger partial charge in [-0.25, -0.2) is 4.79 Å². The molecule has 2 aliphatic rings. The van der Waals surface area contributed by atoms with E-state index in [1.807, 2.05) is 31.2 Å². The summed E-state index contributed by atoms with van der Waals surface area (Å²) in [6, 6.07) is 7.86. The molecule has 1 aromatic carbocycles. The molecule has 0 aliphatic carbocycles. The fourth-order valence-electron chi connectivity index (χ4n) is 3.19. The van der Waals surface area contributed by atoms with Crippen LogP contribution in [0.3, 0.4) is 0 Å². The summed E-state index contributed by atoms with van der Waals surface area (Å²) in [4.78, 5) is 37.3. The Morgan fingerprint density at radius 1 is 1.26 bits per heavy atom. The van der Waals surface area contributed by atoms with E-state index >= 15 is 0 Å². The number of hydrogen-bond acceptors (Lipinski definition) is 9. The average Bonchev–Trinajstić information content (AvgIpc) is 3.13. The Labute approximate surface area is 184 Å². The molecule has 31 heavy (non-hydrogen) atoms. The van der Waals surface area contributed by atoms with Crippen LogP contribution in [0.4, 0.5) is 5.69 Å². The number of nitrogens with zero attached hydrogens (tertiary/aromatic N) is 3. The second kappa shape index (κ2) is 10.8. The lowest BCUT2D eigenvalue weighted by Crippen LogP contribution is -2.36. The quantitative estimate of drug-likeness (QED) is 0.310. The van der Waals surface area contributed by atoms with Crippen molar-refractivity contribution in [1.29, 1.82) is 0 Å². The zero-order chi connectivity index (χ0) is 22.2. The van der Waals surface area contributed by atoms with Crippen LogP contribution in [0.5, 0.6) is 0 Å². The van der Waals surface area contributed by atoms with Gasteiger partial charge in [-0.3, -0.25) is 14.9 Å². The molecule has 0 aromatic heterocycles. The number of carbonyl (C=O) groups excluding carboxylic acids is 3. The Kier molecular flexibility index (Phi) is 7.82. The van der Waals surface area contributed by atoms with Gasteiger partial charge in [0.2, 0.25) is 0 Å². The Bertz CT molecular complexity index is 918. The Morgan fingerprint density at radius 3 is 2.61 bits per heavy atom. The van der Waals surface area contributed by atoms with Gasteiger partial charge >= 0.3 is 11.9 Å². The molecular formula is C21H24N4O5S. The third-order valence-electron chi connectivity index (χ3n) is 4.83. The SMILES string of the molecule is CCOC(=O)C1CCN(c2ccc(C=N/N=C3/NC(=O)/C(=C\C(=O)OC)S3)cc2)CC1. The van der Waals surface area contributed by atoms with Crippen LogP contribution in [0, 0.1) is 5.92 Å². The first kappa shape index (κ1) is 22.5. The molecule has 2 aliphatic heterocycles.